The second kappa shape index (κ2) is 6.32. The van der Waals surface area contributed by atoms with Crippen LogP contribution in [0, 0.1) is 25.7 Å². The molecule has 0 aliphatic carbocycles. The van der Waals surface area contributed by atoms with Crippen molar-refractivity contribution in [1.82, 2.24) is 0 Å². The third-order valence-electron chi connectivity index (χ3n) is 2.65. The summed E-state index contributed by atoms with van der Waals surface area (Å²) in [5.74, 6) is 7.06. The largest absolute Gasteiger partial charge is 0.495 e. The minimum absolute atomic E-state index is 0.0505. The van der Waals surface area contributed by atoms with Gasteiger partial charge in [0.15, 0.2) is 0 Å². The lowest BCUT2D eigenvalue weighted by Crippen LogP contribution is -2.16. The van der Waals surface area contributed by atoms with Gasteiger partial charge in [-0.05, 0) is 37.5 Å². The second-order valence-electron chi connectivity index (χ2n) is 4.32. The van der Waals surface area contributed by atoms with Gasteiger partial charge in [0.05, 0.1) is 18.7 Å². The molecule has 0 saturated carbocycles. The fraction of sp³-hybridized carbons (Fsp3) is 0.467. The van der Waals surface area contributed by atoms with Crippen molar-refractivity contribution in [3.05, 3.63) is 28.8 Å². The van der Waals surface area contributed by atoms with Crippen LogP contribution in [0.3, 0.4) is 0 Å². The van der Waals surface area contributed by atoms with Crippen LogP contribution in [0.5, 0.6) is 5.75 Å². The van der Waals surface area contributed by atoms with Gasteiger partial charge in [0.1, 0.15) is 5.75 Å². The van der Waals surface area contributed by atoms with E-state index in [9.17, 15) is 0 Å². The number of methoxy groups -OCH3 is 1. The molecule has 0 aromatic heterocycles. The van der Waals surface area contributed by atoms with E-state index in [1.54, 1.807) is 7.11 Å². The number of benzene rings is 1. The molecule has 92 valence electrons. The van der Waals surface area contributed by atoms with Crippen LogP contribution in [0.1, 0.15) is 36.5 Å². The maximum absolute atomic E-state index is 5.89. The number of rotatable bonds is 3. The molecule has 0 heterocycles. The van der Waals surface area contributed by atoms with Crippen molar-refractivity contribution >= 4 is 0 Å². The van der Waals surface area contributed by atoms with Crippen LogP contribution in [-0.4, -0.2) is 13.2 Å². The highest BCUT2D eigenvalue weighted by Crippen LogP contribution is 2.23. The van der Waals surface area contributed by atoms with Crippen molar-refractivity contribution in [3.8, 4) is 17.6 Å². The van der Waals surface area contributed by atoms with Crippen molar-refractivity contribution in [1.29, 1.82) is 0 Å². The maximum atomic E-state index is 5.89. The van der Waals surface area contributed by atoms with Gasteiger partial charge in [-0.2, -0.15) is 0 Å². The Morgan fingerprint density at radius 1 is 1.35 bits per heavy atom. The number of hydrogen-bond donors (Lipinski definition) is 1. The summed E-state index contributed by atoms with van der Waals surface area (Å²) in [6, 6.07) is 4.06. The molecule has 0 radical (unpaired) electrons. The molecule has 1 atom stereocenters. The van der Waals surface area contributed by atoms with Crippen molar-refractivity contribution < 1.29 is 4.74 Å². The van der Waals surface area contributed by atoms with Gasteiger partial charge < -0.3 is 10.5 Å². The van der Waals surface area contributed by atoms with E-state index in [0.717, 1.165) is 29.7 Å². The van der Waals surface area contributed by atoms with Crippen LogP contribution in [0.2, 0.25) is 0 Å². The topological polar surface area (TPSA) is 35.2 Å². The summed E-state index contributed by atoms with van der Waals surface area (Å²) in [5, 5.41) is 0. The smallest absolute Gasteiger partial charge is 0.135 e. The molecule has 0 bridgehead atoms. The lowest BCUT2D eigenvalue weighted by Gasteiger charge is -2.08. The predicted molar refractivity (Wildman–Crippen MR) is 72.2 cm³/mol. The Bertz CT molecular complexity index is 440. The molecule has 0 aliphatic heterocycles. The SMILES string of the molecule is CCCC(N)C#Cc1c(C)cc(C)cc1OC. The van der Waals surface area contributed by atoms with E-state index in [2.05, 4.69) is 31.8 Å². The van der Waals surface area contributed by atoms with E-state index < -0.39 is 0 Å². The lowest BCUT2D eigenvalue weighted by molar-refractivity contribution is 0.413. The first-order chi connectivity index (χ1) is 8.08. The molecule has 1 aromatic carbocycles. The van der Waals surface area contributed by atoms with Crippen molar-refractivity contribution in [2.75, 3.05) is 7.11 Å². The van der Waals surface area contributed by atoms with Crippen LogP contribution in [0.4, 0.5) is 0 Å². The highest BCUT2D eigenvalue weighted by atomic mass is 16.5. The lowest BCUT2D eigenvalue weighted by atomic mass is 10.0. The van der Waals surface area contributed by atoms with Crippen LogP contribution >= 0.6 is 0 Å². The second-order valence-corrected chi connectivity index (χ2v) is 4.32. The van der Waals surface area contributed by atoms with Gasteiger partial charge in [0.25, 0.3) is 0 Å². The number of hydrogen-bond acceptors (Lipinski definition) is 2. The summed E-state index contributed by atoms with van der Waals surface area (Å²) in [7, 11) is 1.67. The summed E-state index contributed by atoms with van der Waals surface area (Å²) in [6.45, 7) is 6.21. The molecule has 17 heavy (non-hydrogen) atoms. The maximum Gasteiger partial charge on any atom is 0.135 e. The summed E-state index contributed by atoms with van der Waals surface area (Å²) < 4.78 is 5.36. The predicted octanol–water partition coefficient (Wildman–Crippen LogP) is 2.79. The molecule has 0 spiro atoms. The number of ether oxygens (including phenoxy) is 1. The quantitative estimate of drug-likeness (QED) is 0.812. The van der Waals surface area contributed by atoms with Crippen LogP contribution < -0.4 is 10.5 Å². The zero-order valence-electron chi connectivity index (χ0n) is 11.1. The Balaban J connectivity index is 3.05. The van der Waals surface area contributed by atoms with Gasteiger partial charge >= 0.3 is 0 Å². The Morgan fingerprint density at radius 3 is 2.65 bits per heavy atom. The Kier molecular flexibility index (Phi) is 5.06. The summed E-state index contributed by atoms with van der Waals surface area (Å²) in [4.78, 5) is 0. The fourth-order valence-corrected chi connectivity index (χ4v) is 1.80. The Labute approximate surface area is 104 Å². The van der Waals surface area contributed by atoms with Crippen LogP contribution in [-0.2, 0) is 0 Å². The average molecular weight is 231 g/mol. The minimum Gasteiger partial charge on any atom is -0.495 e. The van der Waals surface area contributed by atoms with E-state index >= 15 is 0 Å². The van der Waals surface area contributed by atoms with E-state index in [1.807, 2.05) is 13.0 Å². The van der Waals surface area contributed by atoms with Gasteiger partial charge in [-0.3, -0.25) is 0 Å². The first-order valence-electron chi connectivity index (χ1n) is 6.00. The van der Waals surface area contributed by atoms with Gasteiger partial charge in [-0.15, -0.1) is 0 Å². The highest BCUT2D eigenvalue weighted by molar-refractivity contribution is 5.53. The first-order valence-corrected chi connectivity index (χ1v) is 6.00. The van der Waals surface area contributed by atoms with E-state index in [-0.39, 0.29) is 6.04 Å². The van der Waals surface area contributed by atoms with Crippen molar-refractivity contribution in [3.63, 3.8) is 0 Å². The van der Waals surface area contributed by atoms with Gasteiger partial charge in [-0.25, -0.2) is 0 Å². The molecule has 1 rings (SSSR count). The summed E-state index contributed by atoms with van der Waals surface area (Å²) in [6.07, 6.45) is 1.99. The molecule has 0 fully saturated rings. The Hall–Kier alpha value is -1.46. The van der Waals surface area contributed by atoms with Crippen molar-refractivity contribution in [2.45, 2.75) is 39.7 Å². The third-order valence-corrected chi connectivity index (χ3v) is 2.65. The van der Waals surface area contributed by atoms with Gasteiger partial charge in [-0.1, -0.05) is 31.3 Å². The normalized spacial score (nSPS) is 11.6. The molecule has 2 N–H and O–H groups in total. The number of nitrogens with two attached hydrogens (primary N) is 1. The summed E-state index contributed by atoms with van der Waals surface area (Å²) in [5.41, 5.74) is 9.16. The third kappa shape index (κ3) is 3.80. The monoisotopic (exact) mass is 231 g/mol. The van der Waals surface area contributed by atoms with E-state index in [1.165, 1.54) is 5.56 Å². The van der Waals surface area contributed by atoms with E-state index in [0.29, 0.717) is 0 Å². The highest BCUT2D eigenvalue weighted by Gasteiger charge is 2.05. The van der Waals surface area contributed by atoms with E-state index in [4.69, 9.17) is 10.5 Å². The zero-order valence-corrected chi connectivity index (χ0v) is 11.1. The first kappa shape index (κ1) is 13.6. The molecule has 1 aromatic rings. The molecule has 2 heteroatoms. The summed E-state index contributed by atoms with van der Waals surface area (Å²) >= 11 is 0. The molecule has 2 nitrogen and oxygen atoms in total. The standard InChI is InChI=1S/C15H21NO/c1-5-6-13(16)7-8-14-12(3)9-11(2)10-15(14)17-4/h9-10,13H,5-6,16H2,1-4H3. The Morgan fingerprint density at radius 2 is 2.06 bits per heavy atom. The number of aryl methyl sites for hydroxylation is 2. The van der Waals surface area contributed by atoms with Crippen LogP contribution in [0.25, 0.3) is 0 Å². The molecule has 0 amide bonds. The van der Waals surface area contributed by atoms with Crippen LogP contribution in [0.15, 0.2) is 12.1 Å². The molecule has 0 aliphatic rings. The van der Waals surface area contributed by atoms with Gasteiger partial charge in [0, 0.05) is 0 Å². The zero-order chi connectivity index (χ0) is 12.8. The van der Waals surface area contributed by atoms with Gasteiger partial charge in [0.2, 0.25) is 0 Å². The average Bonchev–Trinajstić information content (AvgIpc) is 2.27. The van der Waals surface area contributed by atoms with Crippen molar-refractivity contribution in [2.24, 2.45) is 5.73 Å². The molecular weight excluding hydrogens is 210 g/mol. The fourth-order valence-electron chi connectivity index (χ4n) is 1.80. The molecule has 1 unspecified atom stereocenters. The minimum atomic E-state index is -0.0505. The molecular formula is C15H21NO. The molecule has 0 saturated heterocycles.